The van der Waals surface area contributed by atoms with Crippen molar-refractivity contribution in [3.63, 3.8) is 0 Å². The molecule has 3 aromatic heterocycles. The normalized spacial score (nSPS) is 11.8. The van der Waals surface area contributed by atoms with E-state index in [1.54, 1.807) is 0 Å². The predicted molar refractivity (Wildman–Crippen MR) is 178 cm³/mol. The fourth-order valence-electron chi connectivity index (χ4n) is 6.40. The second kappa shape index (κ2) is 12.4. The van der Waals surface area contributed by atoms with Gasteiger partial charge in [-0.05, 0) is 47.6 Å². The van der Waals surface area contributed by atoms with Crippen molar-refractivity contribution in [1.29, 1.82) is 0 Å². The van der Waals surface area contributed by atoms with Crippen LogP contribution in [0.2, 0.25) is 0 Å². The third kappa shape index (κ3) is 5.24. The Hall–Kier alpha value is -4.88. The van der Waals surface area contributed by atoms with Gasteiger partial charge in [0.1, 0.15) is 11.4 Å². The van der Waals surface area contributed by atoms with E-state index in [1.165, 1.54) is 27.6 Å². The Morgan fingerprint density at radius 1 is 0.682 bits per heavy atom. The van der Waals surface area contributed by atoms with E-state index < -0.39 is 5.54 Å². The van der Waals surface area contributed by atoms with Gasteiger partial charge in [-0.25, -0.2) is 4.98 Å². The van der Waals surface area contributed by atoms with Crippen LogP contribution in [-0.4, -0.2) is 29.3 Å². The summed E-state index contributed by atoms with van der Waals surface area (Å²) in [6.07, 6.45) is 9.71. The summed E-state index contributed by atoms with van der Waals surface area (Å²) in [5, 5.41) is 10.7. The van der Waals surface area contributed by atoms with Gasteiger partial charge in [0.25, 0.3) is 0 Å². The maximum absolute atomic E-state index is 4.92. The highest BCUT2D eigenvalue weighted by Crippen LogP contribution is 2.40. The van der Waals surface area contributed by atoms with Crippen molar-refractivity contribution in [2.45, 2.75) is 42.9 Å². The molecule has 0 radical (unpaired) electrons. The third-order valence-corrected chi connectivity index (χ3v) is 8.84. The van der Waals surface area contributed by atoms with Gasteiger partial charge in [-0.2, -0.15) is 0 Å². The van der Waals surface area contributed by atoms with Crippen LogP contribution in [0.3, 0.4) is 0 Å². The van der Waals surface area contributed by atoms with Gasteiger partial charge in [-0.1, -0.05) is 109 Å². The van der Waals surface area contributed by atoms with Crippen LogP contribution < -0.4 is 0 Å². The summed E-state index contributed by atoms with van der Waals surface area (Å²) in [6, 6.07) is 40.5. The van der Waals surface area contributed by atoms with Crippen molar-refractivity contribution in [1.82, 2.24) is 29.3 Å². The zero-order chi connectivity index (χ0) is 29.8. The van der Waals surface area contributed by atoms with Crippen LogP contribution in [0.25, 0.3) is 10.9 Å². The molecule has 3 heterocycles. The van der Waals surface area contributed by atoms with E-state index in [1.807, 2.05) is 6.33 Å². The Morgan fingerprint density at radius 3 is 1.95 bits per heavy atom. The molecule has 0 aliphatic carbocycles. The van der Waals surface area contributed by atoms with Crippen LogP contribution in [0.1, 0.15) is 40.2 Å². The summed E-state index contributed by atoms with van der Waals surface area (Å²) in [7, 11) is 0. The first-order valence-corrected chi connectivity index (χ1v) is 15.5. The molecule has 0 spiro atoms. The van der Waals surface area contributed by atoms with Crippen LogP contribution in [0, 0.1) is 0 Å². The molecule has 7 aromatic rings. The van der Waals surface area contributed by atoms with E-state index in [0.717, 1.165) is 49.3 Å². The lowest BCUT2D eigenvalue weighted by atomic mass is 9.77. The van der Waals surface area contributed by atoms with E-state index in [4.69, 9.17) is 4.98 Å². The molecule has 0 unspecified atom stereocenters. The Bertz CT molecular complexity index is 1860. The number of hydrogen-bond donors (Lipinski definition) is 2. The maximum atomic E-state index is 4.92. The summed E-state index contributed by atoms with van der Waals surface area (Å²) >= 11 is 4.63. The molecule has 0 aliphatic rings. The fourth-order valence-corrected chi connectivity index (χ4v) is 6.66. The largest absolute Gasteiger partial charge is 0.361 e. The van der Waals surface area contributed by atoms with Gasteiger partial charge in [0.15, 0.2) is 5.16 Å². The number of aromatic nitrogens is 6. The lowest BCUT2D eigenvalue weighted by Gasteiger charge is -2.37. The summed E-state index contributed by atoms with van der Waals surface area (Å²) < 4.78 is 4.41. The number of H-pyrrole nitrogens is 1. The molecule has 7 heteroatoms. The van der Waals surface area contributed by atoms with Crippen molar-refractivity contribution >= 4 is 23.5 Å². The molecule has 0 atom stereocenters. The summed E-state index contributed by atoms with van der Waals surface area (Å²) in [6.45, 7) is 0.781. The molecular weight excluding hydrogens is 561 g/mol. The van der Waals surface area contributed by atoms with Crippen molar-refractivity contribution in [3.8, 4) is 0 Å². The van der Waals surface area contributed by atoms with Gasteiger partial charge in [0.05, 0.1) is 12.0 Å². The van der Waals surface area contributed by atoms with Crippen LogP contribution in [-0.2, 0) is 31.3 Å². The molecule has 44 heavy (non-hydrogen) atoms. The zero-order valence-electron chi connectivity index (χ0n) is 24.4. The van der Waals surface area contributed by atoms with Crippen LogP contribution in [0.5, 0.6) is 0 Å². The molecule has 4 aromatic carbocycles. The van der Waals surface area contributed by atoms with E-state index in [-0.39, 0.29) is 0 Å². The first-order chi connectivity index (χ1) is 21.7. The Morgan fingerprint density at radius 2 is 1.30 bits per heavy atom. The molecule has 218 valence electrons. The predicted octanol–water partition coefficient (Wildman–Crippen LogP) is 7.50. The summed E-state index contributed by atoms with van der Waals surface area (Å²) in [4.78, 5) is 8.29. The minimum atomic E-state index is -0.558. The standard InChI is InChI=1S/C37H34N6S/c44-36-41-40-35(23-22-28-25-38-34-21-11-10-20-33(28)34)43(36)24-12-19-32-26-42(27-39-32)37(29-13-4-1-5-14-29,30-15-6-2-7-16-30)31-17-8-3-9-18-31/h1-11,13-18,20-21,25-27,38H,12,19,22-24H2,(H,41,44). The Kier molecular flexibility index (Phi) is 7.86. The summed E-state index contributed by atoms with van der Waals surface area (Å²) in [5.74, 6) is 0.960. The highest BCUT2D eigenvalue weighted by Gasteiger charge is 2.38. The summed E-state index contributed by atoms with van der Waals surface area (Å²) in [5.41, 5.74) is 6.50. The quantitative estimate of drug-likeness (QED) is 0.120. The van der Waals surface area contributed by atoms with E-state index >= 15 is 0 Å². The lowest BCUT2D eigenvalue weighted by molar-refractivity contribution is 0.513. The maximum Gasteiger partial charge on any atom is 0.188 e. The van der Waals surface area contributed by atoms with Gasteiger partial charge in [-0.15, -0.1) is 22.8 Å². The molecule has 0 saturated heterocycles. The van der Waals surface area contributed by atoms with Crippen molar-refractivity contribution in [3.05, 3.63) is 168 Å². The molecular formula is C37H34N6S. The van der Waals surface area contributed by atoms with E-state index in [0.29, 0.717) is 5.16 Å². The fraction of sp³-hybridized carbons (Fsp3) is 0.162. The van der Waals surface area contributed by atoms with Gasteiger partial charge >= 0.3 is 0 Å². The first-order valence-electron chi connectivity index (χ1n) is 15.1. The van der Waals surface area contributed by atoms with Crippen molar-refractivity contribution in [2.75, 3.05) is 0 Å². The first kappa shape index (κ1) is 27.9. The van der Waals surface area contributed by atoms with Crippen LogP contribution in [0.4, 0.5) is 0 Å². The highest BCUT2D eigenvalue weighted by molar-refractivity contribution is 7.80. The smallest absolute Gasteiger partial charge is 0.188 e. The average molecular weight is 595 g/mol. The van der Waals surface area contributed by atoms with Gasteiger partial charge < -0.3 is 14.1 Å². The Labute approximate surface area is 262 Å². The third-order valence-electron chi connectivity index (χ3n) is 8.51. The topological polar surface area (TPSA) is 64.3 Å². The molecule has 0 saturated carbocycles. The molecule has 1 N–H and O–H groups in total. The number of nitrogens with zero attached hydrogens (tertiary/aromatic N) is 5. The number of aromatic amines is 1. The number of imidazole rings is 1. The van der Waals surface area contributed by atoms with Crippen molar-refractivity contribution < 1.29 is 0 Å². The number of rotatable bonds is 11. The minimum absolute atomic E-state index is 0.558. The number of benzene rings is 4. The van der Waals surface area contributed by atoms with Gasteiger partial charge in [0, 0.05) is 36.3 Å². The second-order valence-corrected chi connectivity index (χ2v) is 11.5. The zero-order valence-corrected chi connectivity index (χ0v) is 25.3. The molecule has 7 rings (SSSR count). The Balaban J connectivity index is 1.13. The number of aryl methyl sites for hydroxylation is 3. The minimum Gasteiger partial charge on any atom is -0.361 e. The average Bonchev–Trinajstić information content (AvgIpc) is 3.81. The number of thiol groups is 1. The number of para-hydroxylation sites is 1. The number of fused-ring (bicyclic) bond motifs is 1. The highest BCUT2D eigenvalue weighted by atomic mass is 32.1. The SMILES string of the molecule is Sc1nnc(CCc2c[nH]c3ccccc23)n1CCCc1cn(C(c2ccccc2)(c2ccccc2)c2ccccc2)cn1. The molecule has 0 bridgehead atoms. The molecule has 0 amide bonds. The number of nitrogens with one attached hydrogen (secondary N) is 1. The van der Waals surface area contributed by atoms with Crippen molar-refractivity contribution in [2.24, 2.45) is 0 Å². The van der Waals surface area contributed by atoms with E-state index in [9.17, 15) is 0 Å². The van der Waals surface area contributed by atoms with Gasteiger partial charge in [0.2, 0.25) is 0 Å². The van der Waals surface area contributed by atoms with Crippen LogP contribution in [0.15, 0.2) is 139 Å². The molecule has 0 aliphatic heterocycles. The van der Waals surface area contributed by atoms with Crippen LogP contribution >= 0.6 is 12.6 Å². The second-order valence-electron chi connectivity index (χ2n) is 11.1. The molecule has 0 fully saturated rings. The lowest BCUT2D eigenvalue weighted by Crippen LogP contribution is -2.36. The molecule has 6 nitrogen and oxygen atoms in total. The van der Waals surface area contributed by atoms with Gasteiger partial charge in [-0.3, -0.25) is 0 Å². The monoisotopic (exact) mass is 594 g/mol. The number of hydrogen-bond acceptors (Lipinski definition) is 4. The van der Waals surface area contributed by atoms with E-state index in [2.05, 4.69) is 165 Å².